The molecule has 4 rings (SSSR count). The lowest BCUT2D eigenvalue weighted by Crippen LogP contribution is -2.35. The van der Waals surface area contributed by atoms with Crippen LogP contribution in [0.15, 0.2) is 59.5 Å². The minimum Gasteiger partial charge on any atom is -0.454 e. The maximum atomic E-state index is 13.1. The summed E-state index contributed by atoms with van der Waals surface area (Å²) in [4.78, 5) is 21.2. The van der Waals surface area contributed by atoms with Crippen LogP contribution in [-0.4, -0.2) is 58.5 Å². The van der Waals surface area contributed by atoms with Gasteiger partial charge in [0.15, 0.2) is 5.76 Å². The number of aryl methyl sites for hydroxylation is 1. The molecule has 2 aromatic heterocycles. The van der Waals surface area contributed by atoms with Crippen LogP contribution in [0.3, 0.4) is 0 Å². The fourth-order valence-corrected chi connectivity index (χ4v) is 3.91. The first-order valence-electron chi connectivity index (χ1n) is 9.58. The molecule has 1 aliphatic heterocycles. The number of aromatic nitrogens is 2. The first kappa shape index (κ1) is 18.5. The van der Waals surface area contributed by atoms with Gasteiger partial charge >= 0.3 is 0 Å². The third-order valence-corrected chi connectivity index (χ3v) is 5.52. The average Bonchev–Trinajstić information content (AvgIpc) is 3.43. The van der Waals surface area contributed by atoms with Crippen molar-refractivity contribution in [3.63, 3.8) is 0 Å². The molecule has 0 saturated carbocycles. The lowest BCUT2D eigenvalue weighted by molar-refractivity contribution is 0.0748. The minimum absolute atomic E-state index is 0.0432. The molecule has 6 nitrogen and oxygen atoms in total. The molecule has 6 heteroatoms. The number of carbonyl (C=O) groups is 1. The highest BCUT2D eigenvalue weighted by atomic mass is 16.4. The number of carbonyl (C=O) groups excluding carboxylic acids is 1. The molecule has 1 aromatic carbocycles. The standard InChI is InChI=1S/C22H26N4O2/c1-16-4-6-17(7-5-16)19-13-26(14-20(19)24(2)3)22(27)21-9-8-18(28-21)12-25-11-10-23-15-25/h4-11,15,19-20H,12-14H2,1-3H3. The molecular formula is C22H26N4O2. The first-order valence-corrected chi connectivity index (χ1v) is 9.58. The number of likely N-dealkylation sites (tertiary alicyclic amines) is 1. The van der Waals surface area contributed by atoms with Crippen molar-refractivity contribution >= 4 is 5.91 Å². The predicted octanol–water partition coefficient (Wildman–Crippen LogP) is 3.00. The number of hydrogen-bond donors (Lipinski definition) is 0. The molecular weight excluding hydrogens is 352 g/mol. The molecule has 28 heavy (non-hydrogen) atoms. The Morgan fingerprint density at radius 3 is 2.64 bits per heavy atom. The Balaban J connectivity index is 1.50. The van der Waals surface area contributed by atoms with Gasteiger partial charge in [-0.2, -0.15) is 0 Å². The molecule has 1 aliphatic rings. The van der Waals surface area contributed by atoms with Gasteiger partial charge in [-0.3, -0.25) is 4.79 Å². The fraction of sp³-hybridized carbons (Fsp3) is 0.364. The van der Waals surface area contributed by atoms with E-state index in [1.54, 1.807) is 18.6 Å². The van der Waals surface area contributed by atoms with Crippen LogP contribution in [0.1, 0.15) is 33.4 Å². The zero-order chi connectivity index (χ0) is 19.7. The number of nitrogens with zero attached hydrogens (tertiary/aromatic N) is 4. The Hall–Kier alpha value is -2.86. The molecule has 0 spiro atoms. The molecule has 1 amide bonds. The molecule has 3 heterocycles. The van der Waals surface area contributed by atoms with Crippen LogP contribution >= 0.6 is 0 Å². The molecule has 2 atom stereocenters. The number of benzene rings is 1. The summed E-state index contributed by atoms with van der Waals surface area (Å²) < 4.78 is 7.75. The van der Waals surface area contributed by atoms with Crippen molar-refractivity contribution in [2.24, 2.45) is 0 Å². The van der Waals surface area contributed by atoms with Crippen molar-refractivity contribution in [1.82, 2.24) is 19.4 Å². The van der Waals surface area contributed by atoms with Gasteiger partial charge in [-0.25, -0.2) is 4.98 Å². The Labute approximate surface area is 165 Å². The second-order valence-corrected chi connectivity index (χ2v) is 7.76. The highest BCUT2D eigenvalue weighted by molar-refractivity contribution is 5.92. The lowest BCUT2D eigenvalue weighted by atomic mass is 9.93. The summed E-state index contributed by atoms with van der Waals surface area (Å²) in [6.07, 6.45) is 5.34. The van der Waals surface area contributed by atoms with Gasteiger partial charge in [0.2, 0.25) is 0 Å². The summed E-state index contributed by atoms with van der Waals surface area (Å²) in [5.74, 6) is 1.40. The van der Waals surface area contributed by atoms with E-state index in [9.17, 15) is 4.79 Å². The average molecular weight is 378 g/mol. The van der Waals surface area contributed by atoms with E-state index < -0.39 is 0 Å². The maximum absolute atomic E-state index is 13.1. The van der Waals surface area contributed by atoms with Gasteiger partial charge < -0.3 is 18.8 Å². The van der Waals surface area contributed by atoms with Gasteiger partial charge in [0, 0.05) is 37.4 Å². The highest BCUT2D eigenvalue weighted by Gasteiger charge is 2.38. The largest absolute Gasteiger partial charge is 0.454 e. The molecule has 146 valence electrons. The van der Waals surface area contributed by atoms with Crippen LogP contribution in [0.5, 0.6) is 0 Å². The van der Waals surface area contributed by atoms with Crippen molar-refractivity contribution in [2.75, 3.05) is 27.2 Å². The number of imidazole rings is 1. The van der Waals surface area contributed by atoms with Crippen molar-refractivity contribution in [2.45, 2.75) is 25.4 Å². The van der Waals surface area contributed by atoms with E-state index in [2.05, 4.69) is 55.2 Å². The van der Waals surface area contributed by atoms with Gasteiger partial charge in [-0.1, -0.05) is 29.8 Å². The Morgan fingerprint density at radius 2 is 1.96 bits per heavy atom. The molecule has 0 aliphatic carbocycles. The van der Waals surface area contributed by atoms with Gasteiger partial charge in [0.25, 0.3) is 5.91 Å². The Morgan fingerprint density at radius 1 is 1.18 bits per heavy atom. The van der Waals surface area contributed by atoms with Crippen LogP contribution < -0.4 is 0 Å². The van der Waals surface area contributed by atoms with E-state index >= 15 is 0 Å². The number of hydrogen-bond acceptors (Lipinski definition) is 4. The highest BCUT2D eigenvalue weighted by Crippen LogP contribution is 2.31. The SMILES string of the molecule is Cc1ccc(C2CN(C(=O)c3ccc(Cn4ccnc4)o3)CC2N(C)C)cc1. The van der Waals surface area contributed by atoms with E-state index in [1.165, 1.54) is 11.1 Å². The first-order chi connectivity index (χ1) is 13.5. The fourth-order valence-electron chi connectivity index (χ4n) is 3.91. The van der Waals surface area contributed by atoms with E-state index in [0.29, 0.717) is 31.3 Å². The van der Waals surface area contributed by atoms with Crippen LogP contribution in [-0.2, 0) is 6.54 Å². The molecule has 2 unspecified atom stereocenters. The zero-order valence-electron chi connectivity index (χ0n) is 16.6. The van der Waals surface area contributed by atoms with Gasteiger partial charge in [-0.05, 0) is 38.7 Å². The number of furan rings is 1. The maximum Gasteiger partial charge on any atom is 0.289 e. The van der Waals surface area contributed by atoms with Crippen molar-refractivity contribution < 1.29 is 9.21 Å². The predicted molar refractivity (Wildman–Crippen MR) is 107 cm³/mol. The van der Waals surface area contributed by atoms with Crippen molar-refractivity contribution in [3.8, 4) is 0 Å². The van der Waals surface area contributed by atoms with E-state index in [1.807, 2.05) is 21.7 Å². The number of likely N-dealkylation sites (N-methyl/N-ethyl adjacent to an activating group) is 1. The number of rotatable bonds is 5. The minimum atomic E-state index is -0.0432. The Kier molecular flexibility index (Phi) is 5.05. The second-order valence-electron chi connectivity index (χ2n) is 7.76. The number of amides is 1. The van der Waals surface area contributed by atoms with Crippen LogP contribution in [0.4, 0.5) is 0 Å². The molecule has 3 aromatic rings. The quantitative estimate of drug-likeness (QED) is 0.685. The van der Waals surface area contributed by atoms with Crippen molar-refractivity contribution in [1.29, 1.82) is 0 Å². The molecule has 0 bridgehead atoms. The van der Waals surface area contributed by atoms with Crippen LogP contribution in [0, 0.1) is 6.92 Å². The zero-order valence-corrected chi connectivity index (χ0v) is 16.6. The lowest BCUT2D eigenvalue weighted by Gasteiger charge is -2.25. The van der Waals surface area contributed by atoms with Crippen molar-refractivity contribution in [3.05, 3.63) is 77.8 Å². The van der Waals surface area contributed by atoms with Gasteiger partial charge in [0.1, 0.15) is 5.76 Å². The molecule has 1 saturated heterocycles. The smallest absolute Gasteiger partial charge is 0.289 e. The van der Waals surface area contributed by atoms with E-state index in [4.69, 9.17) is 4.42 Å². The molecule has 0 N–H and O–H groups in total. The van der Waals surface area contributed by atoms with Gasteiger partial charge in [0.05, 0.1) is 12.9 Å². The van der Waals surface area contributed by atoms with Crippen LogP contribution in [0.25, 0.3) is 0 Å². The van der Waals surface area contributed by atoms with Gasteiger partial charge in [-0.15, -0.1) is 0 Å². The van der Waals surface area contributed by atoms with Crippen LogP contribution in [0.2, 0.25) is 0 Å². The summed E-state index contributed by atoms with van der Waals surface area (Å²) >= 11 is 0. The normalized spacial score (nSPS) is 19.5. The van der Waals surface area contributed by atoms with E-state index in [0.717, 1.165) is 5.76 Å². The second kappa shape index (κ2) is 7.64. The summed E-state index contributed by atoms with van der Waals surface area (Å²) in [5.41, 5.74) is 2.52. The molecule has 1 fully saturated rings. The van der Waals surface area contributed by atoms with E-state index in [-0.39, 0.29) is 11.9 Å². The Bertz CT molecular complexity index is 928. The third-order valence-electron chi connectivity index (χ3n) is 5.52. The summed E-state index contributed by atoms with van der Waals surface area (Å²) in [7, 11) is 4.16. The summed E-state index contributed by atoms with van der Waals surface area (Å²) in [6, 6.07) is 12.6. The topological polar surface area (TPSA) is 54.5 Å². The summed E-state index contributed by atoms with van der Waals surface area (Å²) in [6.45, 7) is 4.06. The monoisotopic (exact) mass is 378 g/mol. The molecule has 0 radical (unpaired) electrons. The summed E-state index contributed by atoms with van der Waals surface area (Å²) in [5, 5.41) is 0. The third kappa shape index (κ3) is 3.73.